The van der Waals surface area contributed by atoms with Crippen molar-refractivity contribution >= 4 is 21.6 Å². The Kier molecular flexibility index (Phi) is 3.16. The number of nitrogen functional groups attached to an aromatic ring is 1. The van der Waals surface area contributed by atoms with E-state index in [1.54, 1.807) is 6.92 Å². The van der Waals surface area contributed by atoms with Crippen LogP contribution in [-0.4, -0.2) is 31.2 Å². The molecule has 0 aliphatic heterocycles. The summed E-state index contributed by atoms with van der Waals surface area (Å²) >= 11 is 0. The number of sulfonamides is 1. The van der Waals surface area contributed by atoms with Crippen molar-refractivity contribution in [2.24, 2.45) is 0 Å². The highest BCUT2D eigenvalue weighted by atomic mass is 32.2. The lowest BCUT2D eigenvalue weighted by Gasteiger charge is -1.98. The normalized spacial score (nSPS) is 11.7. The number of aromatic nitrogens is 2. The molecule has 0 aliphatic carbocycles. The second kappa shape index (κ2) is 4.52. The summed E-state index contributed by atoms with van der Waals surface area (Å²) in [4.78, 5) is 12.0. The van der Waals surface area contributed by atoms with Gasteiger partial charge >= 0.3 is 5.91 Å². The van der Waals surface area contributed by atoms with E-state index in [1.165, 1.54) is 25.4 Å². The zero-order valence-corrected chi connectivity index (χ0v) is 11.1. The first-order valence-electron chi connectivity index (χ1n) is 5.25. The lowest BCUT2D eigenvalue weighted by atomic mass is 10.4. The number of nitrogens with two attached hydrogens (primary N) is 1. The molecule has 102 valence electrons. The van der Waals surface area contributed by atoms with E-state index in [0.29, 0.717) is 11.4 Å². The summed E-state index contributed by atoms with van der Waals surface area (Å²) in [6, 6.07) is 2.46. The van der Waals surface area contributed by atoms with E-state index >= 15 is 0 Å². The number of furan rings is 1. The first-order chi connectivity index (χ1) is 8.85. The molecular formula is C10H12N4O4S. The Morgan fingerprint density at radius 3 is 2.68 bits per heavy atom. The Morgan fingerprint density at radius 2 is 2.16 bits per heavy atom. The van der Waals surface area contributed by atoms with E-state index in [0.717, 1.165) is 4.68 Å². The predicted molar refractivity (Wildman–Crippen MR) is 66.1 cm³/mol. The monoisotopic (exact) mass is 284 g/mol. The van der Waals surface area contributed by atoms with Gasteiger partial charge in [-0.05, 0) is 26.1 Å². The minimum absolute atomic E-state index is 0.142. The van der Waals surface area contributed by atoms with Crippen molar-refractivity contribution in [2.75, 3.05) is 12.8 Å². The highest BCUT2D eigenvalue weighted by Gasteiger charge is 2.21. The molecule has 9 heteroatoms. The standard InChI is InChI=1S/C10H12N4O4S/c1-6-7(11)5-14(13-6)10(15)8-3-4-9(18-8)19(16,17)12-2/h3-5,12H,11H2,1-2H3. The third-order valence-corrected chi connectivity index (χ3v) is 3.76. The molecule has 0 atom stereocenters. The zero-order valence-electron chi connectivity index (χ0n) is 10.2. The third-order valence-electron chi connectivity index (χ3n) is 2.47. The topological polar surface area (TPSA) is 120 Å². The number of anilines is 1. The van der Waals surface area contributed by atoms with Gasteiger partial charge in [-0.3, -0.25) is 4.79 Å². The number of hydrogen-bond donors (Lipinski definition) is 2. The van der Waals surface area contributed by atoms with Gasteiger partial charge in [0.1, 0.15) is 0 Å². The van der Waals surface area contributed by atoms with E-state index in [1.807, 2.05) is 0 Å². The molecular weight excluding hydrogens is 272 g/mol. The van der Waals surface area contributed by atoms with Gasteiger partial charge in [-0.15, -0.1) is 0 Å². The predicted octanol–water partition coefficient (Wildman–Crippen LogP) is -0.0367. The molecule has 0 aromatic carbocycles. The zero-order chi connectivity index (χ0) is 14.2. The van der Waals surface area contributed by atoms with Gasteiger partial charge in [0.25, 0.3) is 10.0 Å². The molecule has 2 heterocycles. The minimum atomic E-state index is -3.72. The van der Waals surface area contributed by atoms with Crippen LogP contribution in [0, 0.1) is 6.92 Å². The molecule has 0 radical (unpaired) electrons. The van der Waals surface area contributed by atoms with Gasteiger partial charge in [-0.1, -0.05) is 0 Å². The van der Waals surface area contributed by atoms with Crippen molar-refractivity contribution < 1.29 is 17.6 Å². The quantitative estimate of drug-likeness (QED) is 0.816. The summed E-state index contributed by atoms with van der Waals surface area (Å²) in [5.41, 5.74) is 6.45. The summed E-state index contributed by atoms with van der Waals surface area (Å²) in [6.45, 7) is 1.65. The Bertz CT molecular complexity index is 709. The number of carbonyl (C=O) groups is 1. The molecule has 0 spiro atoms. The van der Waals surface area contributed by atoms with Crippen LogP contribution in [0.15, 0.2) is 27.8 Å². The number of aryl methyl sites for hydroxylation is 1. The second-order valence-corrected chi connectivity index (χ2v) is 5.56. The van der Waals surface area contributed by atoms with Gasteiger partial charge < -0.3 is 10.2 Å². The van der Waals surface area contributed by atoms with E-state index < -0.39 is 15.9 Å². The number of carbonyl (C=O) groups excluding carboxylic acids is 1. The van der Waals surface area contributed by atoms with E-state index in [-0.39, 0.29) is 10.9 Å². The number of nitrogens with one attached hydrogen (secondary N) is 1. The van der Waals surface area contributed by atoms with Crippen molar-refractivity contribution in [3.05, 3.63) is 29.8 Å². The third kappa shape index (κ3) is 2.37. The van der Waals surface area contributed by atoms with Gasteiger partial charge in [0.2, 0.25) is 5.09 Å². The van der Waals surface area contributed by atoms with Gasteiger partial charge in [-0.2, -0.15) is 9.78 Å². The van der Waals surface area contributed by atoms with Crippen molar-refractivity contribution in [3.63, 3.8) is 0 Å². The molecule has 0 aliphatic rings. The largest absolute Gasteiger partial charge is 0.438 e. The molecule has 0 unspecified atom stereocenters. The summed E-state index contributed by atoms with van der Waals surface area (Å²) in [5.74, 6) is -0.742. The molecule has 0 amide bonds. The first-order valence-corrected chi connectivity index (χ1v) is 6.73. The van der Waals surface area contributed by atoms with Crippen molar-refractivity contribution in [1.29, 1.82) is 0 Å². The average molecular weight is 284 g/mol. The van der Waals surface area contributed by atoms with Crippen LogP contribution in [0.25, 0.3) is 0 Å². The number of nitrogens with zero attached hydrogens (tertiary/aromatic N) is 2. The van der Waals surface area contributed by atoms with Crippen LogP contribution < -0.4 is 10.5 Å². The van der Waals surface area contributed by atoms with Crippen LogP contribution in [0.3, 0.4) is 0 Å². The Labute approximate surface area is 109 Å². The van der Waals surface area contributed by atoms with Crippen LogP contribution in [0.4, 0.5) is 5.69 Å². The van der Waals surface area contributed by atoms with Crippen molar-refractivity contribution in [1.82, 2.24) is 14.5 Å². The van der Waals surface area contributed by atoms with Crippen molar-refractivity contribution in [2.45, 2.75) is 12.0 Å². The average Bonchev–Trinajstić information content (AvgIpc) is 2.97. The summed E-state index contributed by atoms with van der Waals surface area (Å²) in [5, 5.41) is 3.56. The van der Waals surface area contributed by atoms with Crippen LogP contribution >= 0.6 is 0 Å². The van der Waals surface area contributed by atoms with Gasteiger partial charge in [0, 0.05) is 0 Å². The number of rotatable bonds is 3. The van der Waals surface area contributed by atoms with Crippen LogP contribution in [0.1, 0.15) is 16.2 Å². The molecule has 8 nitrogen and oxygen atoms in total. The fraction of sp³-hybridized carbons (Fsp3) is 0.200. The maximum Gasteiger partial charge on any atom is 0.313 e. The fourth-order valence-corrected chi connectivity index (χ4v) is 2.02. The molecule has 2 aromatic heterocycles. The number of hydrogen-bond acceptors (Lipinski definition) is 6. The smallest absolute Gasteiger partial charge is 0.313 e. The van der Waals surface area contributed by atoms with Crippen molar-refractivity contribution in [3.8, 4) is 0 Å². The first kappa shape index (κ1) is 13.3. The Hall–Kier alpha value is -2.13. The van der Waals surface area contributed by atoms with E-state index in [2.05, 4.69) is 9.82 Å². The highest BCUT2D eigenvalue weighted by Crippen LogP contribution is 2.15. The summed E-state index contributed by atoms with van der Waals surface area (Å²) in [7, 11) is -2.47. The molecule has 0 bridgehead atoms. The summed E-state index contributed by atoms with van der Waals surface area (Å²) < 4.78 is 31.0. The maximum atomic E-state index is 12.0. The van der Waals surface area contributed by atoms with E-state index in [4.69, 9.17) is 10.2 Å². The maximum absolute atomic E-state index is 12.0. The van der Waals surface area contributed by atoms with Gasteiger partial charge in [0.05, 0.1) is 17.6 Å². The Balaban J connectivity index is 2.36. The molecule has 2 rings (SSSR count). The minimum Gasteiger partial charge on any atom is -0.438 e. The SMILES string of the molecule is CNS(=O)(=O)c1ccc(C(=O)n2cc(N)c(C)n2)o1. The van der Waals surface area contributed by atoms with Gasteiger partial charge in [0.15, 0.2) is 5.76 Å². The molecule has 19 heavy (non-hydrogen) atoms. The second-order valence-electron chi connectivity index (χ2n) is 3.75. The molecule has 0 fully saturated rings. The lowest BCUT2D eigenvalue weighted by molar-refractivity contribution is 0.0911. The Morgan fingerprint density at radius 1 is 1.47 bits per heavy atom. The lowest BCUT2D eigenvalue weighted by Crippen LogP contribution is -2.18. The van der Waals surface area contributed by atoms with Crippen LogP contribution in [-0.2, 0) is 10.0 Å². The fourth-order valence-electron chi connectivity index (χ4n) is 1.37. The van der Waals surface area contributed by atoms with E-state index in [9.17, 15) is 13.2 Å². The van der Waals surface area contributed by atoms with Gasteiger partial charge in [-0.25, -0.2) is 13.1 Å². The highest BCUT2D eigenvalue weighted by molar-refractivity contribution is 7.89. The van der Waals surface area contributed by atoms with Crippen LogP contribution in [0.2, 0.25) is 0 Å². The molecule has 2 aromatic rings. The molecule has 3 N–H and O–H groups in total. The van der Waals surface area contributed by atoms with Crippen LogP contribution in [0.5, 0.6) is 0 Å². The summed E-state index contributed by atoms with van der Waals surface area (Å²) in [6.07, 6.45) is 1.34. The molecule has 0 saturated heterocycles. The molecule has 0 saturated carbocycles.